The van der Waals surface area contributed by atoms with Gasteiger partial charge >= 0.3 is 5.97 Å². The molecule has 2 N–H and O–H groups in total. The highest BCUT2D eigenvalue weighted by Gasteiger charge is 2.31. The van der Waals surface area contributed by atoms with Gasteiger partial charge in [-0.1, -0.05) is 20.3 Å². The third-order valence-corrected chi connectivity index (χ3v) is 3.35. The van der Waals surface area contributed by atoms with Crippen LogP contribution >= 0.6 is 0 Å². The summed E-state index contributed by atoms with van der Waals surface area (Å²) in [5, 5.41) is 6.76. The normalized spacial score (nSPS) is 23.7. The van der Waals surface area contributed by atoms with Crippen molar-refractivity contribution in [3.05, 3.63) is 0 Å². The molecule has 0 aromatic carbocycles. The number of carbonyl (C=O) groups is 1. The molecule has 1 unspecified atom stereocenters. The summed E-state index contributed by atoms with van der Waals surface area (Å²) in [7, 11) is 0. The molecule has 0 spiro atoms. The Kier molecular flexibility index (Phi) is 5.60. The molecular formula is C14H28N2O2. The number of hydrogen-bond donors (Lipinski definition) is 2. The second-order valence-electron chi connectivity index (χ2n) is 6.25. The Bertz CT molecular complexity index is 267. The molecule has 0 amide bonds. The number of ether oxygens (including phenoxy) is 1. The molecule has 1 aliphatic heterocycles. The summed E-state index contributed by atoms with van der Waals surface area (Å²) in [5.41, 5.74) is -0.418. The van der Waals surface area contributed by atoms with E-state index in [1.165, 1.54) is 0 Å². The molecule has 0 aliphatic carbocycles. The Morgan fingerprint density at radius 1 is 1.50 bits per heavy atom. The maximum absolute atomic E-state index is 12.2. The minimum atomic E-state index is -0.418. The van der Waals surface area contributed by atoms with Gasteiger partial charge in [0.25, 0.3) is 0 Å². The summed E-state index contributed by atoms with van der Waals surface area (Å²) in [6.07, 6.45) is 2.05. The van der Waals surface area contributed by atoms with Crippen LogP contribution < -0.4 is 10.6 Å². The Morgan fingerprint density at radius 3 is 2.61 bits per heavy atom. The topological polar surface area (TPSA) is 50.4 Å². The van der Waals surface area contributed by atoms with Crippen molar-refractivity contribution < 1.29 is 9.53 Å². The summed E-state index contributed by atoms with van der Waals surface area (Å²) in [6.45, 7) is 11.9. The number of rotatable bonds is 5. The fourth-order valence-electron chi connectivity index (χ4n) is 2.12. The summed E-state index contributed by atoms with van der Waals surface area (Å²) in [4.78, 5) is 12.2. The highest BCUT2D eigenvalue weighted by Crippen LogP contribution is 2.16. The third kappa shape index (κ3) is 4.94. The van der Waals surface area contributed by atoms with E-state index in [4.69, 9.17) is 4.74 Å². The predicted octanol–water partition coefficient (Wildman–Crippen LogP) is 1.69. The van der Waals surface area contributed by atoms with Crippen molar-refractivity contribution in [3.63, 3.8) is 0 Å². The van der Waals surface area contributed by atoms with Crippen LogP contribution in [0.25, 0.3) is 0 Å². The van der Waals surface area contributed by atoms with Crippen LogP contribution in [0, 0.1) is 5.92 Å². The lowest BCUT2D eigenvalue weighted by Crippen LogP contribution is -2.50. The standard InChI is InChI=1S/C14H28N2O2/c1-6-10(2)12(13(17)18-14(3,4)5)16-11-7-8-15-9-11/h10-12,15-16H,6-9H2,1-5H3/t10-,11?,12-/m0/s1. The molecule has 106 valence electrons. The molecular weight excluding hydrogens is 228 g/mol. The lowest BCUT2D eigenvalue weighted by Gasteiger charge is -2.29. The zero-order valence-corrected chi connectivity index (χ0v) is 12.4. The highest BCUT2D eigenvalue weighted by atomic mass is 16.6. The van der Waals surface area contributed by atoms with Gasteiger partial charge in [0.1, 0.15) is 11.6 Å². The summed E-state index contributed by atoms with van der Waals surface area (Å²) < 4.78 is 5.51. The van der Waals surface area contributed by atoms with E-state index in [9.17, 15) is 4.79 Å². The van der Waals surface area contributed by atoms with Gasteiger partial charge in [0, 0.05) is 12.6 Å². The molecule has 1 heterocycles. The van der Waals surface area contributed by atoms with Crippen LogP contribution in [0.2, 0.25) is 0 Å². The molecule has 1 aliphatic rings. The number of nitrogens with one attached hydrogen (secondary N) is 2. The first-order valence-corrected chi connectivity index (χ1v) is 7.03. The monoisotopic (exact) mass is 256 g/mol. The smallest absolute Gasteiger partial charge is 0.323 e. The van der Waals surface area contributed by atoms with Gasteiger partial charge in [0.2, 0.25) is 0 Å². The van der Waals surface area contributed by atoms with Gasteiger partial charge in [0.05, 0.1) is 0 Å². The minimum absolute atomic E-state index is 0.122. The van der Waals surface area contributed by atoms with E-state index in [0.29, 0.717) is 12.0 Å². The molecule has 18 heavy (non-hydrogen) atoms. The highest BCUT2D eigenvalue weighted by molar-refractivity contribution is 5.76. The Morgan fingerprint density at radius 2 is 2.17 bits per heavy atom. The lowest BCUT2D eigenvalue weighted by molar-refractivity contribution is -0.159. The maximum atomic E-state index is 12.2. The summed E-state index contributed by atoms with van der Waals surface area (Å²) in [5.74, 6) is 0.171. The molecule has 0 saturated carbocycles. The molecule has 0 aromatic heterocycles. The molecule has 0 aromatic rings. The van der Waals surface area contributed by atoms with Gasteiger partial charge in [-0.25, -0.2) is 0 Å². The zero-order chi connectivity index (χ0) is 13.8. The van der Waals surface area contributed by atoms with Crippen LogP contribution in [0.5, 0.6) is 0 Å². The molecule has 1 fully saturated rings. The SMILES string of the molecule is CC[C@H](C)[C@H](NC1CCNC1)C(=O)OC(C)(C)C. The van der Waals surface area contributed by atoms with Crippen LogP contribution in [-0.4, -0.2) is 36.7 Å². The molecule has 0 bridgehead atoms. The second-order valence-corrected chi connectivity index (χ2v) is 6.25. The van der Waals surface area contributed by atoms with E-state index in [2.05, 4.69) is 24.5 Å². The van der Waals surface area contributed by atoms with E-state index in [-0.39, 0.29) is 12.0 Å². The Balaban J connectivity index is 2.61. The second kappa shape index (κ2) is 6.53. The predicted molar refractivity (Wildman–Crippen MR) is 73.5 cm³/mol. The first-order valence-electron chi connectivity index (χ1n) is 7.03. The van der Waals surface area contributed by atoms with Crippen molar-refractivity contribution >= 4 is 5.97 Å². The fraction of sp³-hybridized carbons (Fsp3) is 0.929. The maximum Gasteiger partial charge on any atom is 0.323 e. The largest absolute Gasteiger partial charge is 0.459 e. The van der Waals surface area contributed by atoms with Crippen molar-refractivity contribution in [3.8, 4) is 0 Å². The summed E-state index contributed by atoms with van der Waals surface area (Å²) in [6, 6.07) is 0.190. The number of esters is 1. The van der Waals surface area contributed by atoms with Crippen molar-refractivity contribution in [1.82, 2.24) is 10.6 Å². The number of carbonyl (C=O) groups excluding carboxylic acids is 1. The van der Waals surface area contributed by atoms with E-state index in [1.807, 2.05) is 20.8 Å². The van der Waals surface area contributed by atoms with E-state index in [0.717, 1.165) is 25.9 Å². The van der Waals surface area contributed by atoms with E-state index < -0.39 is 5.60 Å². The average molecular weight is 256 g/mol. The van der Waals surface area contributed by atoms with Crippen molar-refractivity contribution in [1.29, 1.82) is 0 Å². The quantitative estimate of drug-likeness (QED) is 0.735. The average Bonchev–Trinajstić information content (AvgIpc) is 2.75. The van der Waals surface area contributed by atoms with Gasteiger partial charge in [-0.2, -0.15) is 0 Å². The molecule has 0 radical (unpaired) electrons. The first-order chi connectivity index (χ1) is 8.33. The molecule has 1 rings (SSSR count). The molecule has 1 saturated heterocycles. The summed E-state index contributed by atoms with van der Waals surface area (Å²) >= 11 is 0. The van der Waals surface area contributed by atoms with Gasteiger partial charge in [-0.3, -0.25) is 4.79 Å². The van der Waals surface area contributed by atoms with Crippen LogP contribution in [0.3, 0.4) is 0 Å². The zero-order valence-electron chi connectivity index (χ0n) is 12.4. The van der Waals surface area contributed by atoms with Crippen LogP contribution in [-0.2, 0) is 9.53 Å². The molecule has 4 nitrogen and oxygen atoms in total. The van der Waals surface area contributed by atoms with Gasteiger partial charge in [0.15, 0.2) is 0 Å². The molecule has 4 heteroatoms. The lowest BCUT2D eigenvalue weighted by atomic mass is 9.97. The van der Waals surface area contributed by atoms with Crippen LogP contribution in [0.4, 0.5) is 0 Å². The first kappa shape index (κ1) is 15.4. The van der Waals surface area contributed by atoms with E-state index >= 15 is 0 Å². The fourth-order valence-corrected chi connectivity index (χ4v) is 2.12. The van der Waals surface area contributed by atoms with Gasteiger partial charge in [-0.05, 0) is 39.7 Å². The Hall–Kier alpha value is -0.610. The van der Waals surface area contributed by atoms with Gasteiger partial charge < -0.3 is 15.4 Å². The van der Waals surface area contributed by atoms with Crippen LogP contribution in [0.1, 0.15) is 47.5 Å². The Labute approximate surface area is 111 Å². The molecule has 3 atom stereocenters. The van der Waals surface area contributed by atoms with Gasteiger partial charge in [-0.15, -0.1) is 0 Å². The minimum Gasteiger partial charge on any atom is -0.459 e. The van der Waals surface area contributed by atoms with Crippen LogP contribution in [0.15, 0.2) is 0 Å². The third-order valence-electron chi connectivity index (χ3n) is 3.35. The van der Waals surface area contributed by atoms with Crippen molar-refractivity contribution in [2.45, 2.75) is 65.1 Å². The van der Waals surface area contributed by atoms with Crippen molar-refractivity contribution in [2.75, 3.05) is 13.1 Å². The van der Waals surface area contributed by atoms with Crippen molar-refractivity contribution in [2.24, 2.45) is 5.92 Å². The number of hydrogen-bond acceptors (Lipinski definition) is 4. The van der Waals surface area contributed by atoms with E-state index in [1.54, 1.807) is 0 Å².